The summed E-state index contributed by atoms with van der Waals surface area (Å²) in [6.45, 7) is 2.76. The van der Waals surface area contributed by atoms with Crippen LogP contribution in [0.5, 0.6) is 0 Å². The Hall–Kier alpha value is -3.53. The molecule has 0 aromatic carbocycles. The lowest BCUT2D eigenvalue weighted by Gasteiger charge is -2.21. The monoisotopic (exact) mass is 378 g/mol. The first kappa shape index (κ1) is 16.6. The third-order valence-corrected chi connectivity index (χ3v) is 4.75. The highest BCUT2D eigenvalue weighted by atomic mass is 16.5. The fourth-order valence-electron chi connectivity index (χ4n) is 3.43. The molecule has 4 aromatic rings. The fourth-order valence-corrected chi connectivity index (χ4v) is 3.43. The predicted molar refractivity (Wildman–Crippen MR) is 101 cm³/mol. The molecule has 0 aliphatic carbocycles. The minimum atomic E-state index is -0.269. The van der Waals surface area contributed by atoms with Gasteiger partial charge in [-0.25, -0.2) is 18.9 Å². The quantitative estimate of drug-likeness (QED) is 0.561. The lowest BCUT2D eigenvalue weighted by molar-refractivity contribution is 0.182. The Morgan fingerprint density at radius 2 is 2.11 bits per heavy atom. The van der Waals surface area contributed by atoms with E-state index in [2.05, 4.69) is 25.6 Å². The van der Waals surface area contributed by atoms with Gasteiger partial charge < -0.3 is 10.1 Å². The summed E-state index contributed by atoms with van der Waals surface area (Å²) < 4.78 is 10.5. The average molecular weight is 378 g/mol. The highest BCUT2D eigenvalue weighted by Gasteiger charge is 2.32. The van der Waals surface area contributed by atoms with Crippen LogP contribution >= 0.6 is 0 Å². The smallest absolute Gasteiger partial charge is 0.267 e. The van der Waals surface area contributed by atoms with Gasteiger partial charge in [0.25, 0.3) is 5.56 Å². The number of nitrogens with zero attached hydrogens (tertiary/aromatic N) is 7. The molecular formula is C18H18N8O2. The number of aryl methyl sites for hydroxylation is 1. The van der Waals surface area contributed by atoms with Crippen molar-refractivity contribution in [3.8, 4) is 5.82 Å². The number of fused-ring (bicyclic) bond motifs is 1. The molecule has 142 valence electrons. The van der Waals surface area contributed by atoms with Gasteiger partial charge in [0, 0.05) is 30.9 Å². The Morgan fingerprint density at radius 1 is 1.18 bits per heavy atom. The molecule has 10 nitrogen and oxygen atoms in total. The molecule has 0 saturated carbocycles. The lowest BCUT2D eigenvalue weighted by Crippen LogP contribution is -2.37. The van der Waals surface area contributed by atoms with Crippen molar-refractivity contribution in [1.82, 2.24) is 34.2 Å². The van der Waals surface area contributed by atoms with E-state index in [4.69, 9.17) is 4.74 Å². The Bertz CT molecular complexity index is 1180. The Kier molecular flexibility index (Phi) is 3.90. The zero-order valence-corrected chi connectivity index (χ0v) is 15.1. The summed E-state index contributed by atoms with van der Waals surface area (Å²) in [7, 11) is 0. The van der Waals surface area contributed by atoms with Gasteiger partial charge in [0.1, 0.15) is 11.6 Å². The first-order valence-corrected chi connectivity index (χ1v) is 8.94. The fraction of sp³-hybridized carbons (Fsp3) is 0.278. The van der Waals surface area contributed by atoms with E-state index in [1.54, 1.807) is 46.1 Å². The van der Waals surface area contributed by atoms with Crippen LogP contribution < -0.4 is 10.9 Å². The molecule has 1 fully saturated rings. The van der Waals surface area contributed by atoms with Gasteiger partial charge in [-0.1, -0.05) is 0 Å². The minimum absolute atomic E-state index is 0.160. The van der Waals surface area contributed by atoms with Crippen molar-refractivity contribution in [2.24, 2.45) is 0 Å². The summed E-state index contributed by atoms with van der Waals surface area (Å²) in [6.07, 6.45) is 6.94. The zero-order chi connectivity index (χ0) is 19.1. The largest absolute Gasteiger partial charge is 0.377 e. The van der Waals surface area contributed by atoms with Crippen LogP contribution in [-0.4, -0.2) is 53.4 Å². The van der Waals surface area contributed by atoms with E-state index < -0.39 is 0 Å². The number of nitrogens with one attached hydrogen (secondary N) is 1. The molecule has 0 radical (unpaired) electrons. The van der Waals surface area contributed by atoms with E-state index in [9.17, 15) is 4.79 Å². The summed E-state index contributed by atoms with van der Waals surface area (Å²) in [5.41, 5.74) is 1.58. The van der Waals surface area contributed by atoms with Gasteiger partial charge in [-0.2, -0.15) is 10.2 Å². The van der Waals surface area contributed by atoms with Crippen LogP contribution in [0.2, 0.25) is 0 Å². The van der Waals surface area contributed by atoms with Crippen LogP contribution in [-0.2, 0) is 4.74 Å². The molecule has 28 heavy (non-hydrogen) atoms. The third kappa shape index (κ3) is 2.83. The second kappa shape index (κ2) is 6.57. The molecule has 1 saturated heterocycles. The van der Waals surface area contributed by atoms with Crippen molar-refractivity contribution in [1.29, 1.82) is 0 Å². The number of hydrogen-bond acceptors (Lipinski definition) is 7. The molecule has 5 rings (SSSR count). The molecule has 1 aliphatic rings. The third-order valence-electron chi connectivity index (χ3n) is 4.75. The SMILES string of the molecule is Cc1cc2c(NC3COCC3n3nc(-n4cccn4)ccc3=O)nccn2n1. The van der Waals surface area contributed by atoms with Gasteiger partial charge in [0.2, 0.25) is 0 Å². The Labute approximate surface area is 159 Å². The molecule has 5 heterocycles. The summed E-state index contributed by atoms with van der Waals surface area (Å²) in [6, 6.07) is 6.49. The van der Waals surface area contributed by atoms with E-state index in [0.29, 0.717) is 24.8 Å². The maximum atomic E-state index is 12.5. The van der Waals surface area contributed by atoms with Crippen molar-refractivity contribution in [3.05, 3.63) is 65.1 Å². The van der Waals surface area contributed by atoms with Crippen molar-refractivity contribution < 1.29 is 4.74 Å². The molecule has 2 unspecified atom stereocenters. The second-order valence-corrected chi connectivity index (χ2v) is 6.67. The maximum Gasteiger partial charge on any atom is 0.267 e. The minimum Gasteiger partial charge on any atom is -0.377 e. The standard InChI is InChI=1S/C18H18N8O2/c1-12-9-14-18(19-6-8-24(14)22-12)21-13-10-28-11-15(13)26-17(27)4-3-16(23-26)25-7-2-5-20-25/h2-9,13,15H,10-11H2,1H3,(H,19,21). The normalized spacial score (nSPS) is 19.3. The van der Waals surface area contributed by atoms with E-state index in [-0.39, 0.29) is 17.6 Å². The highest BCUT2D eigenvalue weighted by Crippen LogP contribution is 2.23. The molecule has 0 bridgehead atoms. The van der Waals surface area contributed by atoms with Gasteiger partial charge in [0.15, 0.2) is 11.6 Å². The van der Waals surface area contributed by atoms with Crippen molar-refractivity contribution >= 4 is 11.3 Å². The average Bonchev–Trinajstić information content (AvgIpc) is 3.42. The topological polar surface area (TPSA) is 104 Å². The Morgan fingerprint density at radius 3 is 2.96 bits per heavy atom. The van der Waals surface area contributed by atoms with E-state index in [0.717, 1.165) is 11.2 Å². The van der Waals surface area contributed by atoms with Crippen LogP contribution in [0, 0.1) is 6.92 Å². The number of ether oxygens (including phenoxy) is 1. The van der Waals surface area contributed by atoms with Crippen LogP contribution in [0.4, 0.5) is 5.82 Å². The first-order chi connectivity index (χ1) is 13.7. The van der Waals surface area contributed by atoms with E-state index in [1.165, 1.54) is 10.7 Å². The summed E-state index contributed by atoms with van der Waals surface area (Å²) in [4.78, 5) is 16.9. The molecule has 10 heteroatoms. The van der Waals surface area contributed by atoms with Crippen molar-refractivity contribution in [2.75, 3.05) is 18.5 Å². The molecule has 1 N–H and O–H groups in total. The maximum absolute atomic E-state index is 12.5. The van der Waals surface area contributed by atoms with Gasteiger partial charge in [-0.3, -0.25) is 4.79 Å². The lowest BCUT2D eigenvalue weighted by atomic mass is 10.1. The predicted octanol–water partition coefficient (Wildman–Crippen LogP) is 0.832. The van der Waals surface area contributed by atoms with Gasteiger partial charge >= 0.3 is 0 Å². The second-order valence-electron chi connectivity index (χ2n) is 6.67. The summed E-state index contributed by atoms with van der Waals surface area (Å²) in [5, 5.41) is 16.5. The van der Waals surface area contributed by atoms with Gasteiger partial charge in [-0.15, -0.1) is 5.10 Å². The number of aromatic nitrogens is 7. The van der Waals surface area contributed by atoms with Crippen molar-refractivity contribution in [2.45, 2.75) is 19.0 Å². The van der Waals surface area contributed by atoms with Crippen LogP contribution in [0.15, 0.2) is 53.8 Å². The van der Waals surface area contributed by atoms with Crippen LogP contribution in [0.3, 0.4) is 0 Å². The number of hydrogen-bond donors (Lipinski definition) is 1. The van der Waals surface area contributed by atoms with Gasteiger partial charge in [-0.05, 0) is 25.1 Å². The van der Waals surface area contributed by atoms with Crippen molar-refractivity contribution in [3.63, 3.8) is 0 Å². The van der Waals surface area contributed by atoms with E-state index >= 15 is 0 Å². The number of rotatable bonds is 4. The molecule has 2 atom stereocenters. The van der Waals surface area contributed by atoms with Crippen LogP contribution in [0.1, 0.15) is 11.7 Å². The highest BCUT2D eigenvalue weighted by molar-refractivity contribution is 5.68. The summed E-state index contributed by atoms with van der Waals surface area (Å²) in [5.74, 6) is 1.27. The molecular weight excluding hydrogens is 360 g/mol. The van der Waals surface area contributed by atoms with E-state index in [1.807, 2.05) is 13.0 Å². The molecule has 4 aromatic heterocycles. The zero-order valence-electron chi connectivity index (χ0n) is 15.1. The Balaban J connectivity index is 1.49. The van der Waals surface area contributed by atoms with Crippen LogP contribution in [0.25, 0.3) is 11.3 Å². The van der Waals surface area contributed by atoms with Gasteiger partial charge in [0.05, 0.1) is 24.9 Å². The number of anilines is 1. The molecule has 0 amide bonds. The molecule has 0 spiro atoms. The molecule has 1 aliphatic heterocycles. The first-order valence-electron chi connectivity index (χ1n) is 8.94. The summed E-state index contributed by atoms with van der Waals surface area (Å²) >= 11 is 0.